The lowest BCUT2D eigenvalue weighted by Gasteiger charge is -2.07. The lowest BCUT2D eigenvalue weighted by atomic mass is 10.1. The number of halogens is 1. The standard InChI is InChI=1S/C18H14BrNO2/c1-22-17-10-9-15(19)14(18(17)21)11-20-16-8-4-6-12-5-2-3-7-13(12)16/h2-11,21H,1H3. The summed E-state index contributed by atoms with van der Waals surface area (Å²) < 4.78 is 5.89. The Morgan fingerprint density at radius 3 is 2.64 bits per heavy atom. The Hall–Kier alpha value is -2.33. The third kappa shape index (κ3) is 2.70. The van der Waals surface area contributed by atoms with Crippen LogP contribution in [0.25, 0.3) is 10.8 Å². The summed E-state index contributed by atoms with van der Waals surface area (Å²) in [6, 6.07) is 17.6. The first-order chi connectivity index (χ1) is 10.7. The molecule has 0 saturated carbocycles. The number of aromatic hydroxyl groups is 1. The van der Waals surface area contributed by atoms with Crippen LogP contribution >= 0.6 is 15.9 Å². The quantitative estimate of drug-likeness (QED) is 0.666. The normalized spacial score (nSPS) is 11.2. The van der Waals surface area contributed by atoms with Crippen molar-refractivity contribution < 1.29 is 9.84 Å². The molecule has 0 bridgehead atoms. The van der Waals surface area contributed by atoms with Gasteiger partial charge in [-0.15, -0.1) is 0 Å². The van der Waals surface area contributed by atoms with Gasteiger partial charge in [-0.25, -0.2) is 0 Å². The van der Waals surface area contributed by atoms with E-state index in [1.807, 2.05) is 48.5 Å². The largest absolute Gasteiger partial charge is 0.504 e. The Bertz CT molecular complexity index is 854. The van der Waals surface area contributed by atoms with Crippen molar-refractivity contribution in [2.75, 3.05) is 7.11 Å². The van der Waals surface area contributed by atoms with Gasteiger partial charge in [-0.1, -0.05) is 36.4 Å². The Balaban J connectivity index is 2.07. The van der Waals surface area contributed by atoms with E-state index in [1.54, 1.807) is 12.3 Å². The van der Waals surface area contributed by atoms with E-state index >= 15 is 0 Å². The molecule has 0 saturated heterocycles. The van der Waals surface area contributed by atoms with E-state index in [9.17, 15) is 5.11 Å². The number of ether oxygens (including phenoxy) is 1. The molecule has 0 unspecified atom stereocenters. The average molecular weight is 356 g/mol. The molecular weight excluding hydrogens is 342 g/mol. The van der Waals surface area contributed by atoms with Crippen LogP contribution in [0, 0.1) is 0 Å². The lowest BCUT2D eigenvalue weighted by molar-refractivity contribution is 0.373. The third-order valence-corrected chi connectivity index (χ3v) is 4.14. The Kier molecular flexibility index (Phi) is 4.11. The van der Waals surface area contributed by atoms with Crippen molar-refractivity contribution in [1.82, 2.24) is 0 Å². The van der Waals surface area contributed by atoms with Crippen LogP contribution in [0.2, 0.25) is 0 Å². The molecule has 1 N–H and O–H groups in total. The van der Waals surface area contributed by atoms with Crippen molar-refractivity contribution in [3.8, 4) is 11.5 Å². The molecule has 3 aromatic carbocycles. The fourth-order valence-corrected chi connectivity index (χ4v) is 2.73. The molecule has 110 valence electrons. The van der Waals surface area contributed by atoms with Gasteiger partial charge in [0.2, 0.25) is 0 Å². The van der Waals surface area contributed by atoms with Gasteiger partial charge in [0.15, 0.2) is 11.5 Å². The van der Waals surface area contributed by atoms with Crippen LogP contribution < -0.4 is 4.74 Å². The van der Waals surface area contributed by atoms with Gasteiger partial charge in [0, 0.05) is 16.1 Å². The maximum Gasteiger partial charge on any atom is 0.167 e. The summed E-state index contributed by atoms with van der Waals surface area (Å²) in [5.41, 5.74) is 1.44. The minimum atomic E-state index is 0.0702. The summed E-state index contributed by atoms with van der Waals surface area (Å²) >= 11 is 3.43. The van der Waals surface area contributed by atoms with Crippen molar-refractivity contribution in [1.29, 1.82) is 0 Å². The number of aliphatic imine (C=N–C) groups is 1. The summed E-state index contributed by atoms with van der Waals surface area (Å²) in [6.07, 6.45) is 1.64. The number of nitrogens with zero attached hydrogens (tertiary/aromatic N) is 1. The van der Waals surface area contributed by atoms with Crippen molar-refractivity contribution in [2.24, 2.45) is 4.99 Å². The minimum absolute atomic E-state index is 0.0702. The van der Waals surface area contributed by atoms with E-state index in [4.69, 9.17) is 4.74 Å². The second kappa shape index (κ2) is 6.20. The fraction of sp³-hybridized carbons (Fsp3) is 0.0556. The second-order valence-corrected chi connectivity index (χ2v) is 5.62. The predicted octanol–water partition coefficient (Wildman–Crippen LogP) is 5.07. The molecule has 0 aliphatic carbocycles. The van der Waals surface area contributed by atoms with Gasteiger partial charge in [-0.05, 0) is 39.5 Å². The van der Waals surface area contributed by atoms with Crippen LogP contribution in [0.1, 0.15) is 5.56 Å². The van der Waals surface area contributed by atoms with Crippen LogP contribution in [0.15, 0.2) is 64.1 Å². The molecule has 0 aliphatic rings. The highest BCUT2D eigenvalue weighted by molar-refractivity contribution is 9.10. The van der Waals surface area contributed by atoms with Gasteiger partial charge in [-0.2, -0.15) is 0 Å². The summed E-state index contributed by atoms with van der Waals surface area (Å²) in [6.45, 7) is 0. The van der Waals surface area contributed by atoms with E-state index in [2.05, 4.69) is 20.9 Å². The number of benzene rings is 3. The van der Waals surface area contributed by atoms with E-state index in [0.29, 0.717) is 11.3 Å². The molecule has 0 radical (unpaired) electrons. The summed E-state index contributed by atoms with van der Waals surface area (Å²) in [5.74, 6) is 0.489. The zero-order valence-electron chi connectivity index (χ0n) is 12.0. The average Bonchev–Trinajstić information content (AvgIpc) is 2.55. The third-order valence-electron chi connectivity index (χ3n) is 3.45. The topological polar surface area (TPSA) is 41.8 Å². The van der Waals surface area contributed by atoms with Gasteiger partial charge >= 0.3 is 0 Å². The SMILES string of the molecule is COc1ccc(Br)c(C=Nc2cccc3ccccc23)c1O. The number of phenols is 1. The van der Waals surface area contributed by atoms with Crippen LogP contribution in [0.3, 0.4) is 0 Å². The van der Waals surface area contributed by atoms with Crippen LogP contribution in [-0.4, -0.2) is 18.4 Å². The van der Waals surface area contributed by atoms with Gasteiger partial charge < -0.3 is 9.84 Å². The number of rotatable bonds is 3. The summed E-state index contributed by atoms with van der Waals surface area (Å²) in [4.78, 5) is 4.53. The first-order valence-electron chi connectivity index (χ1n) is 6.78. The van der Waals surface area contributed by atoms with Gasteiger partial charge in [0.1, 0.15) is 0 Å². The predicted molar refractivity (Wildman–Crippen MR) is 93.6 cm³/mol. The molecule has 3 nitrogen and oxygen atoms in total. The summed E-state index contributed by atoms with van der Waals surface area (Å²) in [7, 11) is 1.52. The van der Waals surface area contributed by atoms with Gasteiger partial charge in [-0.3, -0.25) is 4.99 Å². The smallest absolute Gasteiger partial charge is 0.167 e. The highest BCUT2D eigenvalue weighted by Gasteiger charge is 2.10. The Labute approximate surface area is 137 Å². The second-order valence-electron chi connectivity index (χ2n) is 4.77. The number of hydrogen-bond acceptors (Lipinski definition) is 3. The molecule has 0 amide bonds. The Morgan fingerprint density at radius 2 is 1.82 bits per heavy atom. The van der Waals surface area contributed by atoms with E-state index in [1.165, 1.54) is 7.11 Å². The molecule has 0 atom stereocenters. The molecule has 4 heteroatoms. The highest BCUT2D eigenvalue weighted by Crippen LogP contribution is 2.34. The number of methoxy groups -OCH3 is 1. The molecule has 0 aromatic heterocycles. The maximum absolute atomic E-state index is 10.2. The number of phenolic OH excluding ortho intramolecular Hbond substituents is 1. The van der Waals surface area contributed by atoms with E-state index in [-0.39, 0.29) is 5.75 Å². The number of hydrogen-bond donors (Lipinski definition) is 1. The molecule has 3 rings (SSSR count). The number of fused-ring (bicyclic) bond motifs is 1. The van der Waals surface area contributed by atoms with Crippen molar-refractivity contribution in [3.63, 3.8) is 0 Å². The maximum atomic E-state index is 10.2. The van der Waals surface area contributed by atoms with Crippen LogP contribution in [0.4, 0.5) is 5.69 Å². The van der Waals surface area contributed by atoms with Crippen molar-refractivity contribution >= 4 is 38.6 Å². The van der Waals surface area contributed by atoms with E-state index < -0.39 is 0 Å². The van der Waals surface area contributed by atoms with Crippen LogP contribution in [0.5, 0.6) is 11.5 Å². The first-order valence-corrected chi connectivity index (χ1v) is 7.57. The monoisotopic (exact) mass is 355 g/mol. The summed E-state index contributed by atoms with van der Waals surface area (Å²) in [5, 5.41) is 12.4. The molecular formula is C18H14BrNO2. The molecule has 0 fully saturated rings. The molecule has 22 heavy (non-hydrogen) atoms. The van der Waals surface area contributed by atoms with E-state index in [0.717, 1.165) is 20.9 Å². The highest BCUT2D eigenvalue weighted by atomic mass is 79.9. The molecule has 0 spiro atoms. The van der Waals surface area contributed by atoms with Crippen LogP contribution in [-0.2, 0) is 0 Å². The first kappa shape index (κ1) is 14.6. The zero-order chi connectivity index (χ0) is 15.5. The zero-order valence-corrected chi connectivity index (χ0v) is 13.5. The fourth-order valence-electron chi connectivity index (χ4n) is 2.31. The van der Waals surface area contributed by atoms with Gasteiger partial charge in [0.05, 0.1) is 18.4 Å². The van der Waals surface area contributed by atoms with Crippen molar-refractivity contribution in [2.45, 2.75) is 0 Å². The Morgan fingerprint density at radius 1 is 1.05 bits per heavy atom. The lowest BCUT2D eigenvalue weighted by Crippen LogP contribution is -1.90. The van der Waals surface area contributed by atoms with Crippen molar-refractivity contribution in [3.05, 3.63) is 64.6 Å². The minimum Gasteiger partial charge on any atom is -0.504 e. The molecule has 0 aliphatic heterocycles. The van der Waals surface area contributed by atoms with Gasteiger partial charge in [0.25, 0.3) is 0 Å². The molecule has 0 heterocycles. The molecule has 3 aromatic rings.